The molecule has 3 N–H and O–H groups in total. The largest absolute Gasteiger partial charge is 0.389 e. The molecular formula is C11H23N3O3. The molecule has 3 amide bonds. The quantitative estimate of drug-likeness (QED) is 0.633. The maximum absolute atomic E-state index is 11.7. The molecule has 0 aromatic heterocycles. The van der Waals surface area contributed by atoms with Crippen LogP contribution in [0.25, 0.3) is 0 Å². The molecule has 0 heterocycles. The maximum Gasteiger partial charge on any atom is 0.321 e. The van der Waals surface area contributed by atoms with Crippen LogP contribution in [-0.4, -0.2) is 53.7 Å². The lowest BCUT2D eigenvalue weighted by Gasteiger charge is -2.31. The van der Waals surface area contributed by atoms with Gasteiger partial charge >= 0.3 is 6.03 Å². The van der Waals surface area contributed by atoms with Crippen LogP contribution in [0, 0.1) is 0 Å². The van der Waals surface area contributed by atoms with Crippen LogP contribution < -0.4 is 10.6 Å². The van der Waals surface area contributed by atoms with Crippen LogP contribution in [0.3, 0.4) is 0 Å². The van der Waals surface area contributed by atoms with E-state index in [0.717, 1.165) is 0 Å². The monoisotopic (exact) mass is 245 g/mol. The van der Waals surface area contributed by atoms with Crippen molar-refractivity contribution in [1.82, 2.24) is 15.5 Å². The number of carbonyl (C=O) groups is 2. The minimum Gasteiger partial charge on any atom is -0.389 e. The lowest BCUT2D eigenvalue weighted by Crippen LogP contribution is -2.52. The van der Waals surface area contributed by atoms with E-state index in [1.807, 2.05) is 6.92 Å². The molecule has 0 aliphatic heterocycles. The van der Waals surface area contributed by atoms with E-state index >= 15 is 0 Å². The summed E-state index contributed by atoms with van der Waals surface area (Å²) in [5, 5.41) is 14.3. The molecule has 0 radical (unpaired) electrons. The van der Waals surface area contributed by atoms with E-state index in [4.69, 9.17) is 0 Å². The lowest BCUT2D eigenvalue weighted by atomic mass is 10.1. The Hall–Kier alpha value is -1.14. The van der Waals surface area contributed by atoms with Crippen molar-refractivity contribution in [3.05, 3.63) is 0 Å². The van der Waals surface area contributed by atoms with Crippen molar-refractivity contribution < 1.29 is 14.7 Å². The van der Waals surface area contributed by atoms with Crippen LogP contribution in [0.5, 0.6) is 0 Å². The second-order valence-electron chi connectivity index (χ2n) is 4.62. The second-order valence-corrected chi connectivity index (χ2v) is 4.62. The molecule has 0 saturated carbocycles. The van der Waals surface area contributed by atoms with Gasteiger partial charge in [-0.05, 0) is 27.3 Å². The van der Waals surface area contributed by atoms with Gasteiger partial charge in [0, 0.05) is 13.6 Å². The third-order valence-electron chi connectivity index (χ3n) is 2.39. The molecule has 100 valence electrons. The third-order valence-corrected chi connectivity index (χ3v) is 2.39. The zero-order chi connectivity index (χ0) is 13.6. The fraction of sp³-hybridized carbons (Fsp3) is 0.818. The molecule has 6 nitrogen and oxygen atoms in total. The molecule has 0 aliphatic carbocycles. The van der Waals surface area contributed by atoms with Crippen molar-refractivity contribution in [1.29, 1.82) is 0 Å². The van der Waals surface area contributed by atoms with Crippen LogP contribution >= 0.6 is 0 Å². The minimum atomic E-state index is -0.877. The number of rotatable bonds is 5. The van der Waals surface area contributed by atoms with E-state index in [1.165, 1.54) is 7.05 Å². The number of hydrogen-bond donors (Lipinski definition) is 3. The number of urea groups is 1. The summed E-state index contributed by atoms with van der Waals surface area (Å²) in [7, 11) is 1.45. The lowest BCUT2D eigenvalue weighted by molar-refractivity contribution is -0.125. The van der Waals surface area contributed by atoms with E-state index in [2.05, 4.69) is 10.6 Å². The summed E-state index contributed by atoms with van der Waals surface area (Å²) in [6.07, 6.45) is 0. The van der Waals surface area contributed by atoms with Crippen molar-refractivity contribution in [2.24, 2.45) is 0 Å². The highest BCUT2D eigenvalue weighted by atomic mass is 16.3. The molecule has 0 aromatic carbocycles. The summed E-state index contributed by atoms with van der Waals surface area (Å²) >= 11 is 0. The first-order valence-corrected chi connectivity index (χ1v) is 5.70. The standard InChI is InChI=1S/C11H23N3O3/c1-6-14(7-11(3,4)17)8(2)9(15)13-10(16)12-5/h8,17H,6-7H2,1-5H3,(H2,12,13,15,16). The summed E-state index contributed by atoms with van der Waals surface area (Å²) in [6, 6.07) is -0.995. The normalized spacial score (nSPS) is 13.4. The number of nitrogens with one attached hydrogen (secondary N) is 2. The Balaban J connectivity index is 4.48. The van der Waals surface area contributed by atoms with E-state index in [0.29, 0.717) is 13.1 Å². The first-order valence-electron chi connectivity index (χ1n) is 5.70. The summed E-state index contributed by atoms with van der Waals surface area (Å²) in [5.74, 6) is -0.379. The molecule has 0 rings (SSSR count). The van der Waals surface area contributed by atoms with Gasteiger partial charge in [-0.3, -0.25) is 15.0 Å². The van der Waals surface area contributed by atoms with Crippen molar-refractivity contribution in [3.63, 3.8) is 0 Å². The highest BCUT2D eigenvalue weighted by Gasteiger charge is 2.26. The summed E-state index contributed by atoms with van der Waals surface area (Å²) in [5.41, 5.74) is -0.877. The van der Waals surface area contributed by atoms with Gasteiger partial charge in [0.1, 0.15) is 0 Å². The summed E-state index contributed by atoms with van der Waals surface area (Å²) in [4.78, 5) is 24.5. The van der Waals surface area contributed by atoms with Crippen molar-refractivity contribution in [2.75, 3.05) is 20.1 Å². The predicted molar refractivity (Wildman–Crippen MR) is 65.6 cm³/mol. The van der Waals surface area contributed by atoms with Crippen molar-refractivity contribution in [2.45, 2.75) is 39.3 Å². The predicted octanol–water partition coefficient (Wildman–Crippen LogP) is -0.0767. The fourth-order valence-electron chi connectivity index (χ4n) is 1.46. The molecule has 6 heteroatoms. The molecule has 0 spiro atoms. The highest BCUT2D eigenvalue weighted by Crippen LogP contribution is 2.08. The topological polar surface area (TPSA) is 81.7 Å². The van der Waals surface area contributed by atoms with Gasteiger partial charge in [-0.1, -0.05) is 6.92 Å². The Morgan fingerprint density at radius 3 is 2.29 bits per heavy atom. The number of nitrogens with zero attached hydrogens (tertiary/aromatic N) is 1. The number of aliphatic hydroxyl groups is 1. The molecule has 17 heavy (non-hydrogen) atoms. The van der Waals surface area contributed by atoms with Gasteiger partial charge in [0.2, 0.25) is 5.91 Å². The Kier molecular flexibility index (Phi) is 6.12. The number of carbonyl (C=O) groups excluding carboxylic acids is 2. The average molecular weight is 245 g/mol. The van der Waals surface area contributed by atoms with Gasteiger partial charge in [-0.2, -0.15) is 0 Å². The highest BCUT2D eigenvalue weighted by molar-refractivity contribution is 5.96. The van der Waals surface area contributed by atoms with Crippen LogP contribution in [0.4, 0.5) is 4.79 Å². The molecule has 1 unspecified atom stereocenters. The average Bonchev–Trinajstić information content (AvgIpc) is 2.23. The minimum absolute atomic E-state index is 0.367. The fourth-order valence-corrected chi connectivity index (χ4v) is 1.46. The molecule has 0 fully saturated rings. The molecule has 0 aliphatic rings. The Labute approximate surface area is 102 Å². The van der Waals surface area contributed by atoms with E-state index in [-0.39, 0.29) is 5.91 Å². The second kappa shape index (κ2) is 6.56. The first-order chi connectivity index (χ1) is 7.71. The molecular weight excluding hydrogens is 222 g/mol. The van der Waals surface area contributed by atoms with Crippen LogP contribution in [0.1, 0.15) is 27.7 Å². The van der Waals surface area contributed by atoms with Crippen LogP contribution in [0.15, 0.2) is 0 Å². The van der Waals surface area contributed by atoms with Crippen LogP contribution in [-0.2, 0) is 4.79 Å². The Morgan fingerprint density at radius 2 is 1.94 bits per heavy atom. The van der Waals surface area contributed by atoms with E-state index in [1.54, 1.807) is 25.7 Å². The SMILES string of the molecule is CCN(CC(C)(C)O)C(C)C(=O)NC(=O)NC. The molecule has 0 aromatic rings. The first kappa shape index (κ1) is 15.9. The molecule has 1 atom stereocenters. The van der Waals surface area contributed by atoms with Gasteiger partial charge in [-0.15, -0.1) is 0 Å². The van der Waals surface area contributed by atoms with Gasteiger partial charge in [0.25, 0.3) is 0 Å². The zero-order valence-corrected chi connectivity index (χ0v) is 11.2. The maximum atomic E-state index is 11.7. The Morgan fingerprint density at radius 1 is 1.41 bits per heavy atom. The molecule has 0 saturated heterocycles. The van der Waals surface area contributed by atoms with E-state index in [9.17, 15) is 14.7 Å². The van der Waals surface area contributed by atoms with Gasteiger partial charge in [0.15, 0.2) is 0 Å². The van der Waals surface area contributed by atoms with Crippen LogP contribution in [0.2, 0.25) is 0 Å². The van der Waals surface area contributed by atoms with E-state index < -0.39 is 17.7 Å². The van der Waals surface area contributed by atoms with Gasteiger partial charge in [0.05, 0.1) is 11.6 Å². The summed E-state index contributed by atoms with van der Waals surface area (Å²) in [6.45, 7) is 7.94. The molecule has 0 bridgehead atoms. The number of imide groups is 1. The Bertz CT molecular complexity index is 274. The summed E-state index contributed by atoms with van der Waals surface area (Å²) < 4.78 is 0. The third kappa shape index (κ3) is 6.23. The smallest absolute Gasteiger partial charge is 0.321 e. The van der Waals surface area contributed by atoms with Crippen molar-refractivity contribution in [3.8, 4) is 0 Å². The van der Waals surface area contributed by atoms with Gasteiger partial charge in [-0.25, -0.2) is 4.79 Å². The number of likely N-dealkylation sites (N-methyl/N-ethyl adjacent to an activating group) is 1. The van der Waals surface area contributed by atoms with Gasteiger partial charge < -0.3 is 10.4 Å². The number of amides is 3. The van der Waals surface area contributed by atoms with Crippen molar-refractivity contribution >= 4 is 11.9 Å². The number of hydrogen-bond acceptors (Lipinski definition) is 4. The zero-order valence-electron chi connectivity index (χ0n) is 11.2.